The fraction of sp³-hybridized carbons (Fsp3) is 0.333. The molecule has 52 valence electrons. The zero-order chi connectivity index (χ0) is 6.81. The van der Waals surface area contributed by atoms with Gasteiger partial charge in [0.05, 0.1) is 0 Å². The van der Waals surface area contributed by atoms with Gasteiger partial charge in [-0.2, -0.15) is 0 Å². The van der Waals surface area contributed by atoms with E-state index in [1.165, 1.54) is 24.0 Å². The number of hydrogen-bond donors (Lipinski definition) is 1. The van der Waals surface area contributed by atoms with E-state index in [0.29, 0.717) is 0 Å². The first kappa shape index (κ1) is 5.78. The van der Waals surface area contributed by atoms with E-state index >= 15 is 0 Å². The topological polar surface area (TPSA) is 12.0 Å². The van der Waals surface area contributed by atoms with Gasteiger partial charge >= 0.3 is 0 Å². The molecule has 0 spiro atoms. The molecule has 1 heteroatoms. The second-order valence-corrected chi connectivity index (χ2v) is 2.68. The summed E-state index contributed by atoms with van der Waals surface area (Å²) in [4.78, 5) is 0. The van der Waals surface area contributed by atoms with Crippen molar-refractivity contribution in [3.05, 3.63) is 35.6 Å². The highest BCUT2D eigenvalue weighted by molar-refractivity contribution is 5.43. The molecule has 0 aromatic carbocycles. The zero-order valence-electron chi connectivity index (χ0n) is 5.93. The van der Waals surface area contributed by atoms with E-state index in [2.05, 4.69) is 29.7 Å². The molecule has 0 saturated carbocycles. The highest BCUT2D eigenvalue weighted by Crippen LogP contribution is 2.23. The first-order valence-corrected chi connectivity index (χ1v) is 3.76. The van der Waals surface area contributed by atoms with Crippen LogP contribution in [-0.2, 0) is 0 Å². The largest absolute Gasteiger partial charge is 0.387 e. The van der Waals surface area contributed by atoms with Gasteiger partial charge in [-0.15, -0.1) is 0 Å². The van der Waals surface area contributed by atoms with Crippen molar-refractivity contribution in [2.45, 2.75) is 12.8 Å². The summed E-state index contributed by atoms with van der Waals surface area (Å²) in [5.74, 6) is 0. The summed E-state index contributed by atoms with van der Waals surface area (Å²) in [6, 6.07) is 0. The number of allylic oxidation sites excluding steroid dienone is 4. The summed E-state index contributed by atoms with van der Waals surface area (Å²) in [5, 5.41) is 3.19. The van der Waals surface area contributed by atoms with Crippen LogP contribution < -0.4 is 5.32 Å². The van der Waals surface area contributed by atoms with Crippen molar-refractivity contribution in [1.82, 2.24) is 5.32 Å². The third kappa shape index (κ3) is 0.878. The monoisotopic (exact) mass is 133 g/mol. The lowest BCUT2D eigenvalue weighted by molar-refractivity contribution is 0.882. The standard InChI is InChI=1S/C9H11N/c1-2-4-9-7-10-6-5-8(9)3-1/h2,4-5,7,10H,1,3,6H2. The minimum Gasteiger partial charge on any atom is -0.387 e. The van der Waals surface area contributed by atoms with E-state index in [1.54, 1.807) is 0 Å². The number of fused-ring (bicyclic) bond motifs is 1. The highest BCUT2D eigenvalue weighted by atomic mass is 14.8. The molecule has 0 aromatic heterocycles. The van der Waals surface area contributed by atoms with E-state index in [4.69, 9.17) is 0 Å². The Balaban J connectivity index is 2.33. The molecule has 1 aliphatic carbocycles. The lowest BCUT2D eigenvalue weighted by Gasteiger charge is -2.16. The van der Waals surface area contributed by atoms with Crippen molar-refractivity contribution in [2.24, 2.45) is 0 Å². The molecule has 0 bridgehead atoms. The molecule has 1 N–H and O–H groups in total. The number of rotatable bonds is 0. The molecule has 1 heterocycles. The minimum absolute atomic E-state index is 1.01. The average molecular weight is 133 g/mol. The van der Waals surface area contributed by atoms with Crippen LogP contribution >= 0.6 is 0 Å². The molecule has 0 radical (unpaired) electrons. The van der Waals surface area contributed by atoms with Crippen LogP contribution in [0.2, 0.25) is 0 Å². The molecular weight excluding hydrogens is 122 g/mol. The van der Waals surface area contributed by atoms with Crippen molar-refractivity contribution in [2.75, 3.05) is 6.54 Å². The van der Waals surface area contributed by atoms with Gasteiger partial charge in [0, 0.05) is 12.7 Å². The van der Waals surface area contributed by atoms with Gasteiger partial charge in [0.15, 0.2) is 0 Å². The molecule has 0 unspecified atom stereocenters. The highest BCUT2D eigenvalue weighted by Gasteiger charge is 2.07. The van der Waals surface area contributed by atoms with E-state index in [0.717, 1.165) is 6.54 Å². The summed E-state index contributed by atoms with van der Waals surface area (Å²) in [7, 11) is 0. The van der Waals surface area contributed by atoms with E-state index < -0.39 is 0 Å². The van der Waals surface area contributed by atoms with E-state index in [-0.39, 0.29) is 0 Å². The molecule has 1 aliphatic heterocycles. The van der Waals surface area contributed by atoms with Crippen molar-refractivity contribution < 1.29 is 0 Å². The molecule has 1 nitrogen and oxygen atoms in total. The molecule has 10 heavy (non-hydrogen) atoms. The van der Waals surface area contributed by atoms with Crippen molar-refractivity contribution in [3.8, 4) is 0 Å². The van der Waals surface area contributed by atoms with Crippen molar-refractivity contribution >= 4 is 0 Å². The van der Waals surface area contributed by atoms with Crippen molar-refractivity contribution in [3.63, 3.8) is 0 Å². The third-order valence-electron chi connectivity index (χ3n) is 1.97. The fourth-order valence-corrected chi connectivity index (χ4v) is 1.41. The summed E-state index contributed by atoms with van der Waals surface area (Å²) in [5.41, 5.74) is 2.89. The van der Waals surface area contributed by atoms with Crippen LogP contribution in [-0.4, -0.2) is 6.54 Å². The fourth-order valence-electron chi connectivity index (χ4n) is 1.41. The van der Waals surface area contributed by atoms with Gasteiger partial charge in [-0.3, -0.25) is 0 Å². The first-order chi connectivity index (χ1) is 4.97. The Hall–Kier alpha value is -0.980. The zero-order valence-corrected chi connectivity index (χ0v) is 5.93. The second-order valence-electron chi connectivity index (χ2n) is 2.68. The molecule has 0 amide bonds. The number of hydrogen-bond acceptors (Lipinski definition) is 1. The summed E-state index contributed by atoms with van der Waals surface area (Å²) in [6.45, 7) is 1.01. The maximum atomic E-state index is 3.19. The van der Waals surface area contributed by atoms with Crippen LogP contribution in [0.5, 0.6) is 0 Å². The SMILES string of the molecule is C1=CC2=CNCC=C2CC1. The van der Waals surface area contributed by atoms with Crippen LogP contribution in [0.15, 0.2) is 35.6 Å². The normalized spacial score (nSPS) is 22.4. The average Bonchev–Trinajstić information content (AvgIpc) is 2.05. The quantitative estimate of drug-likeness (QED) is 0.531. The summed E-state index contributed by atoms with van der Waals surface area (Å²) in [6.07, 6.45) is 11.2. The Morgan fingerprint density at radius 1 is 1.40 bits per heavy atom. The van der Waals surface area contributed by atoms with Gasteiger partial charge in [-0.1, -0.05) is 18.2 Å². The summed E-state index contributed by atoms with van der Waals surface area (Å²) < 4.78 is 0. The molecule has 2 rings (SSSR count). The predicted octanol–water partition coefficient (Wildman–Crippen LogP) is 1.75. The van der Waals surface area contributed by atoms with Crippen LogP contribution in [0.1, 0.15) is 12.8 Å². The lowest BCUT2D eigenvalue weighted by Crippen LogP contribution is -2.13. The van der Waals surface area contributed by atoms with Crippen LogP contribution in [0.3, 0.4) is 0 Å². The first-order valence-electron chi connectivity index (χ1n) is 3.76. The maximum absolute atomic E-state index is 3.19. The Kier molecular flexibility index (Phi) is 1.35. The van der Waals surface area contributed by atoms with Crippen LogP contribution in [0.4, 0.5) is 0 Å². The van der Waals surface area contributed by atoms with Crippen LogP contribution in [0, 0.1) is 0 Å². The van der Waals surface area contributed by atoms with Gasteiger partial charge in [0.25, 0.3) is 0 Å². The van der Waals surface area contributed by atoms with Gasteiger partial charge in [0.2, 0.25) is 0 Å². The maximum Gasteiger partial charge on any atom is 0.0331 e. The molecule has 2 aliphatic rings. The molecular formula is C9H11N. The number of dihydropyridines is 1. The molecule has 0 saturated heterocycles. The predicted molar refractivity (Wildman–Crippen MR) is 42.5 cm³/mol. The Morgan fingerprint density at radius 2 is 2.40 bits per heavy atom. The number of nitrogens with one attached hydrogen (secondary N) is 1. The minimum atomic E-state index is 1.01. The van der Waals surface area contributed by atoms with Gasteiger partial charge in [-0.05, 0) is 24.0 Å². The molecule has 0 atom stereocenters. The Bertz CT molecular complexity index is 221. The van der Waals surface area contributed by atoms with Gasteiger partial charge < -0.3 is 5.32 Å². The van der Waals surface area contributed by atoms with Crippen molar-refractivity contribution in [1.29, 1.82) is 0 Å². The lowest BCUT2D eigenvalue weighted by atomic mass is 9.94. The van der Waals surface area contributed by atoms with Gasteiger partial charge in [0.1, 0.15) is 0 Å². The van der Waals surface area contributed by atoms with E-state index in [9.17, 15) is 0 Å². The van der Waals surface area contributed by atoms with E-state index in [1.807, 2.05) is 0 Å². The smallest absolute Gasteiger partial charge is 0.0331 e. The van der Waals surface area contributed by atoms with Crippen LogP contribution in [0.25, 0.3) is 0 Å². The molecule has 0 fully saturated rings. The third-order valence-corrected chi connectivity index (χ3v) is 1.97. The second kappa shape index (κ2) is 2.33. The Labute approximate surface area is 61.1 Å². The Morgan fingerprint density at radius 3 is 3.30 bits per heavy atom. The summed E-state index contributed by atoms with van der Waals surface area (Å²) >= 11 is 0. The van der Waals surface area contributed by atoms with Gasteiger partial charge in [-0.25, -0.2) is 0 Å². The molecule has 0 aromatic rings.